The number of rotatable bonds is 6. The summed E-state index contributed by atoms with van der Waals surface area (Å²) in [6.07, 6.45) is 5.45. The Labute approximate surface area is 133 Å². The van der Waals surface area contributed by atoms with Gasteiger partial charge in [0.25, 0.3) is 5.56 Å². The molecule has 1 saturated carbocycles. The van der Waals surface area contributed by atoms with E-state index in [0.717, 1.165) is 31.9 Å². The summed E-state index contributed by atoms with van der Waals surface area (Å²) in [5, 5.41) is 7.68. The highest BCUT2D eigenvalue weighted by Crippen LogP contribution is 2.30. The lowest BCUT2D eigenvalue weighted by Crippen LogP contribution is -2.26. The van der Waals surface area contributed by atoms with Crippen LogP contribution in [0.1, 0.15) is 26.2 Å². The van der Waals surface area contributed by atoms with Crippen LogP contribution >= 0.6 is 15.9 Å². The molecule has 3 rings (SSSR count). The van der Waals surface area contributed by atoms with Crippen LogP contribution in [0, 0.1) is 11.8 Å². The molecule has 0 amide bonds. The van der Waals surface area contributed by atoms with Gasteiger partial charge in [0, 0.05) is 19.6 Å². The molecule has 1 saturated heterocycles. The SMILES string of the molecule is CCN1CCC(CNc2cnn(CC3CC3)c(=O)c2Br)C1. The zero-order valence-electron chi connectivity index (χ0n) is 12.5. The molecule has 1 unspecified atom stereocenters. The fraction of sp³-hybridized carbons (Fsp3) is 0.733. The zero-order chi connectivity index (χ0) is 14.8. The molecule has 1 N–H and O–H groups in total. The molecular weight excluding hydrogens is 332 g/mol. The summed E-state index contributed by atoms with van der Waals surface area (Å²) in [7, 11) is 0. The summed E-state index contributed by atoms with van der Waals surface area (Å²) in [4.78, 5) is 14.7. The van der Waals surface area contributed by atoms with Gasteiger partial charge in [0.2, 0.25) is 0 Å². The Hall–Kier alpha value is -0.880. The van der Waals surface area contributed by atoms with Gasteiger partial charge in [-0.3, -0.25) is 4.79 Å². The maximum Gasteiger partial charge on any atom is 0.283 e. The fourth-order valence-electron chi connectivity index (χ4n) is 2.88. The first-order chi connectivity index (χ1) is 10.2. The topological polar surface area (TPSA) is 50.2 Å². The zero-order valence-corrected chi connectivity index (χ0v) is 14.1. The van der Waals surface area contributed by atoms with E-state index in [4.69, 9.17) is 0 Å². The molecule has 21 heavy (non-hydrogen) atoms. The van der Waals surface area contributed by atoms with Crippen molar-refractivity contribution in [3.05, 3.63) is 21.0 Å². The number of hydrogen-bond donors (Lipinski definition) is 1. The van der Waals surface area contributed by atoms with E-state index in [2.05, 4.69) is 38.2 Å². The predicted octanol–water partition coefficient (Wildman–Crippen LogP) is 2.17. The summed E-state index contributed by atoms with van der Waals surface area (Å²) >= 11 is 3.43. The molecule has 1 aliphatic heterocycles. The van der Waals surface area contributed by atoms with Gasteiger partial charge in [0.1, 0.15) is 4.47 Å². The quantitative estimate of drug-likeness (QED) is 0.850. The van der Waals surface area contributed by atoms with Gasteiger partial charge in [0.05, 0.1) is 11.9 Å². The molecule has 0 spiro atoms. The van der Waals surface area contributed by atoms with Gasteiger partial charge >= 0.3 is 0 Å². The second kappa shape index (κ2) is 6.48. The van der Waals surface area contributed by atoms with Crippen molar-refractivity contribution in [2.75, 3.05) is 31.5 Å². The largest absolute Gasteiger partial charge is 0.382 e. The van der Waals surface area contributed by atoms with E-state index in [1.807, 2.05) is 0 Å². The van der Waals surface area contributed by atoms with Crippen LogP contribution in [0.25, 0.3) is 0 Å². The van der Waals surface area contributed by atoms with Crippen molar-refractivity contribution in [3.8, 4) is 0 Å². The van der Waals surface area contributed by atoms with Gasteiger partial charge in [-0.15, -0.1) is 0 Å². The first-order valence-corrected chi connectivity index (χ1v) is 8.68. The number of hydrogen-bond acceptors (Lipinski definition) is 4. The van der Waals surface area contributed by atoms with E-state index in [1.165, 1.54) is 25.8 Å². The van der Waals surface area contributed by atoms with E-state index in [-0.39, 0.29) is 5.56 Å². The van der Waals surface area contributed by atoms with Crippen LogP contribution in [0.5, 0.6) is 0 Å². The van der Waals surface area contributed by atoms with Gasteiger partial charge in [0.15, 0.2) is 0 Å². The minimum atomic E-state index is -0.0199. The maximum absolute atomic E-state index is 12.3. The normalized spacial score (nSPS) is 22.7. The second-order valence-electron chi connectivity index (χ2n) is 6.23. The molecule has 5 nitrogen and oxygen atoms in total. The molecule has 2 aliphatic rings. The molecule has 2 heterocycles. The van der Waals surface area contributed by atoms with Crippen LogP contribution in [0.2, 0.25) is 0 Å². The molecule has 0 bridgehead atoms. The third kappa shape index (κ3) is 3.66. The average molecular weight is 355 g/mol. The van der Waals surface area contributed by atoms with Gasteiger partial charge in [-0.05, 0) is 60.1 Å². The van der Waals surface area contributed by atoms with Crippen molar-refractivity contribution in [3.63, 3.8) is 0 Å². The molecular formula is C15H23BrN4O. The Morgan fingerprint density at radius 3 is 2.86 bits per heavy atom. The first kappa shape index (κ1) is 15.0. The van der Waals surface area contributed by atoms with Crippen LogP contribution in [-0.4, -0.2) is 40.9 Å². The maximum atomic E-state index is 12.3. The van der Waals surface area contributed by atoms with Crippen LogP contribution in [0.15, 0.2) is 15.5 Å². The highest BCUT2D eigenvalue weighted by molar-refractivity contribution is 9.10. The molecule has 0 radical (unpaired) electrons. The lowest BCUT2D eigenvalue weighted by molar-refractivity contribution is 0.345. The lowest BCUT2D eigenvalue weighted by atomic mass is 10.1. The first-order valence-electron chi connectivity index (χ1n) is 7.89. The molecule has 116 valence electrons. The third-order valence-electron chi connectivity index (χ3n) is 4.51. The number of aromatic nitrogens is 2. The molecule has 2 fully saturated rings. The monoisotopic (exact) mass is 354 g/mol. The molecule has 1 aliphatic carbocycles. The van der Waals surface area contributed by atoms with E-state index in [0.29, 0.717) is 16.3 Å². The number of anilines is 1. The van der Waals surface area contributed by atoms with E-state index < -0.39 is 0 Å². The van der Waals surface area contributed by atoms with E-state index >= 15 is 0 Å². The Morgan fingerprint density at radius 1 is 1.38 bits per heavy atom. The van der Waals surface area contributed by atoms with Crippen molar-refractivity contribution in [1.29, 1.82) is 0 Å². The molecule has 1 aromatic heterocycles. The minimum absolute atomic E-state index is 0.0199. The predicted molar refractivity (Wildman–Crippen MR) is 87.6 cm³/mol. The molecule has 1 atom stereocenters. The number of likely N-dealkylation sites (tertiary alicyclic amines) is 1. The van der Waals surface area contributed by atoms with Crippen molar-refractivity contribution >= 4 is 21.6 Å². The summed E-state index contributed by atoms with van der Waals surface area (Å²) in [6, 6.07) is 0. The van der Waals surface area contributed by atoms with Crippen molar-refractivity contribution in [2.24, 2.45) is 11.8 Å². The smallest absolute Gasteiger partial charge is 0.283 e. The van der Waals surface area contributed by atoms with Gasteiger partial charge < -0.3 is 10.2 Å². The van der Waals surface area contributed by atoms with Crippen LogP contribution < -0.4 is 10.9 Å². The summed E-state index contributed by atoms with van der Waals surface area (Å²) in [6.45, 7) is 7.32. The average Bonchev–Trinajstić information content (AvgIpc) is 3.18. The summed E-state index contributed by atoms with van der Waals surface area (Å²) in [5.41, 5.74) is 0.801. The van der Waals surface area contributed by atoms with Gasteiger partial charge in [-0.25, -0.2) is 4.68 Å². The third-order valence-corrected chi connectivity index (χ3v) is 5.28. The molecule has 6 heteroatoms. The van der Waals surface area contributed by atoms with Crippen molar-refractivity contribution in [2.45, 2.75) is 32.7 Å². The highest BCUT2D eigenvalue weighted by Gasteiger charge is 2.24. The number of nitrogens with one attached hydrogen (secondary N) is 1. The van der Waals surface area contributed by atoms with E-state index in [1.54, 1.807) is 10.9 Å². The number of nitrogens with zero attached hydrogens (tertiary/aromatic N) is 3. The van der Waals surface area contributed by atoms with Gasteiger partial charge in [-0.2, -0.15) is 5.10 Å². The highest BCUT2D eigenvalue weighted by atomic mass is 79.9. The van der Waals surface area contributed by atoms with Crippen LogP contribution in [0.3, 0.4) is 0 Å². The Kier molecular flexibility index (Phi) is 4.64. The van der Waals surface area contributed by atoms with E-state index in [9.17, 15) is 4.79 Å². The standard InChI is InChI=1S/C15H23BrN4O/c1-2-19-6-5-12(9-19)7-17-13-8-18-20(10-11-3-4-11)15(21)14(13)16/h8,11-12,17H,2-7,9-10H2,1H3. The Morgan fingerprint density at radius 2 is 2.19 bits per heavy atom. The van der Waals surface area contributed by atoms with Crippen molar-refractivity contribution in [1.82, 2.24) is 14.7 Å². The van der Waals surface area contributed by atoms with Crippen molar-refractivity contribution < 1.29 is 0 Å². The van der Waals surface area contributed by atoms with Crippen LogP contribution in [0.4, 0.5) is 5.69 Å². The Balaban J connectivity index is 1.60. The summed E-state index contributed by atoms with van der Waals surface area (Å²) in [5.74, 6) is 1.31. The second-order valence-corrected chi connectivity index (χ2v) is 7.02. The number of halogens is 1. The summed E-state index contributed by atoms with van der Waals surface area (Å²) < 4.78 is 2.20. The minimum Gasteiger partial charge on any atom is -0.382 e. The van der Waals surface area contributed by atoms with Gasteiger partial charge in [-0.1, -0.05) is 6.92 Å². The fourth-order valence-corrected chi connectivity index (χ4v) is 3.33. The molecule has 1 aromatic rings. The molecule has 0 aromatic carbocycles. The van der Waals surface area contributed by atoms with Crippen LogP contribution in [-0.2, 0) is 6.54 Å². The Bertz CT molecular complexity index is 555. The lowest BCUT2D eigenvalue weighted by Gasteiger charge is -2.15.